The lowest BCUT2D eigenvalue weighted by atomic mass is 10.3. The standard InChI is InChI=1S/C11H11N5S/c1-7(11-14-4-5-17-11)15-10-3-2-8(13)9(6-12)16-10/h2-5,7H,13H2,1H3,(H,15,16). The van der Waals surface area contributed by atoms with Crippen LogP contribution in [0.15, 0.2) is 23.7 Å². The molecule has 2 aromatic rings. The first-order valence-corrected chi connectivity index (χ1v) is 5.91. The zero-order valence-corrected chi connectivity index (χ0v) is 10.0. The maximum absolute atomic E-state index is 8.83. The molecule has 17 heavy (non-hydrogen) atoms. The minimum Gasteiger partial charge on any atom is -0.396 e. The van der Waals surface area contributed by atoms with Crippen LogP contribution in [0.3, 0.4) is 0 Å². The first-order valence-electron chi connectivity index (χ1n) is 5.03. The Morgan fingerprint density at radius 3 is 3.00 bits per heavy atom. The summed E-state index contributed by atoms with van der Waals surface area (Å²) in [5, 5.41) is 14.9. The molecule has 0 radical (unpaired) electrons. The van der Waals surface area contributed by atoms with Gasteiger partial charge in [-0.3, -0.25) is 0 Å². The van der Waals surface area contributed by atoms with Crippen molar-refractivity contribution in [1.29, 1.82) is 5.26 Å². The second-order valence-electron chi connectivity index (χ2n) is 3.48. The summed E-state index contributed by atoms with van der Waals surface area (Å²) in [6.07, 6.45) is 1.76. The van der Waals surface area contributed by atoms with E-state index in [4.69, 9.17) is 11.0 Å². The summed E-state index contributed by atoms with van der Waals surface area (Å²) >= 11 is 1.57. The lowest BCUT2D eigenvalue weighted by Crippen LogP contribution is -2.08. The van der Waals surface area contributed by atoms with Gasteiger partial charge in [0.05, 0.1) is 11.7 Å². The highest BCUT2D eigenvalue weighted by Crippen LogP contribution is 2.20. The van der Waals surface area contributed by atoms with Gasteiger partial charge in [-0.15, -0.1) is 11.3 Å². The number of hydrogen-bond donors (Lipinski definition) is 2. The number of nitrogens with one attached hydrogen (secondary N) is 1. The summed E-state index contributed by atoms with van der Waals surface area (Å²) in [4.78, 5) is 8.33. The molecule has 0 aromatic carbocycles. The molecule has 2 heterocycles. The van der Waals surface area contributed by atoms with Gasteiger partial charge in [0, 0.05) is 11.6 Å². The highest BCUT2D eigenvalue weighted by Gasteiger charge is 2.09. The number of aromatic nitrogens is 2. The summed E-state index contributed by atoms with van der Waals surface area (Å²) in [7, 11) is 0. The molecule has 86 valence electrons. The summed E-state index contributed by atoms with van der Waals surface area (Å²) < 4.78 is 0. The number of nitrogens with two attached hydrogens (primary N) is 1. The molecular weight excluding hydrogens is 234 g/mol. The highest BCUT2D eigenvalue weighted by molar-refractivity contribution is 7.09. The molecule has 0 spiro atoms. The summed E-state index contributed by atoms with van der Waals surface area (Å²) in [5.41, 5.74) is 6.23. The third-order valence-corrected chi connectivity index (χ3v) is 3.18. The average Bonchev–Trinajstić information content (AvgIpc) is 2.85. The maximum Gasteiger partial charge on any atom is 0.165 e. The van der Waals surface area contributed by atoms with Gasteiger partial charge >= 0.3 is 0 Å². The monoisotopic (exact) mass is 245 g/mol. The van der Waals surface area contributed by atoms with Gasteiger partial charge in [0.2, 0.25) is 0 Å². The van der Waals surface area contributed by atoms with Crippen molar-refractivity contribution in [3.05, 3.63) is 34.4 Å². The van der Waals surface area contributed by atoms with E-state index in [9.17, 15) is 0 Å². The summed E-state index contributed by atoms with van der Waals surface area (Å²) in [5.74, 6) is 0.624. The smallest absolute Gasteiger partial charge is 0.165 e. The lowest BCUT2D eigenvalue weighted by molar-refractivity contribution is 0.860. The van der Waals surface area contributed by atoms with Crippen LogP contribution in [-0.4, -0.2) is 9.97 Å². The van der Waals surface area contributed by atoms with Crippen molar-refractivity contribution in [3.8, 4) is 6.07 Å². The van der Waals surface area contributed by atoms with Crippen LogP contribution < -0.4 is 11.1 Å². The normalized spacial score (nSPS) is 11.8. The number of nitriles is 1. The molecule has 2 rings (SSSR count). The second kappa shape index (κ2) is 4.80. The Balaban J connectivity index is 2.17. The molecule has 1 atom stereocenters. The Kier molecular flexibility index (Phi) is 3.21. The Bertz CT molecular complexity index is 543. The Morgan fingerprint density at radius 1 is 1.53 bits per heavy atom. The molecule has 0 aliphatic rings. The van der Waals surface area contributed by atoms with Crippen molar-refractivity contribution in [2.24, 2.45) is 0 Å². The Morgan fingerprint density at radius 2 is 2.35 bits per heavy atom. The van der Waals surface area contributed by atoms with Gasteiger partial charge in [0.1, 0.15) is 16.9 Å². The fourth-order valence-corrected chi connectivity index (χ4v) is 2.02. The van der Waals surface area contributed by atoms with Crippen LogP contribution in [0.5, 0.6) is 0 Å². The molecule has 1 unspecified atom stereocenters. The highest BCUT2D eigenvalue weighted by atomic mass is 32.1. The minimum absolute atomic E-state index is 0.0534. The van der Waals surface area contributed by atoms with Gasteiger partial charge in [-0.1, -0.05) is 0 Å². The quantitative estimate of drug-likeness (QED) is 0.865. The molecule has 0 aliphatic carbocycles. The fourth-order valence-electron chi connectivity index (χ4n) is 1.37. The van der Waals surface area contributed by atoms with Gasteiger partial charge < -0.3 is 11.1 Å². The summed E-state index contributed by atoms with van der Waals surface area (Å²) in [6, 6.07) is 5.43. The molecule has 0 amide bonds. The van der Waals surface area contributed by atoms with Crippen molar-refractivity contribution in [2.45, 2.75) is 13.0 Å². The van der Waals surface area contributed by atoms with Crippen LogP contribution >= 0.6 is 11.3 Å². The Labute approximate surface area is 103 Å². The molecular formula is C11H11N5S. The molecule has 2 aromatic heterocycles. The van der Waals surface area contributed by atoms with Crippen molar-refractivity contribution >= 4 is 22.8 Å². The largest absolute Gasteiger partial charge is 0.396 e. The van der Waals surface area contributed by atoms with E-state index < -0.39 is 0 Å². The van der Waals surface area contributed by atoms with E-state index in [2.05, 4.69) is 15.3 Å². The van der Waals surface area contributed by atoms with Crippen molar-refractivity contribution < 1.29 is 0 Å². The molecule has 6 heteroatoms. The van der Waals surface area contributed by atoms with Crippen LogP contribution in [0.2, 0.25) is 0 Å². The zero-order chi connectivity index (χ0) is 12.3. The SMILES string of the molecule is CC(Nc1ccc(N)c(C#N)n1)c1nccs1. The number of anilines is 2. The number of nitrogen functional groups attached to an aromatic ring is 1. The van der Waals surface area contributed by atoms with Crippen LogP contribution in [0, 0.1) is 11.3 Å². The number of hydrogen-bond acceptors (Lipinski definition) is 6. The van der Waals surface area contributed by atoms with E-state index in [1.807, 2.05) is 18.4 Å². The molecule has 0 fully saturated rings. The second-order valence-corrected chi connectivity index (χ2v) is 4.41. The van der Waals surface area contributed by atoms with Gasteiger partial charge in [0.15, 0.2) is 5.69 Å². The van der Waals surface area contributed by atoms with E-state index in [-0.39, 0.29) is 11.7 Å². The molecule has 5 nitrogen and oxygen atoms in total. The van der Waals surface area contributed by atoms with Crippen LogP contribution in [0.1, 0.15) is 23.7 Å². The number of pyridine rings is 1. The number of rotatable bonds is 3. The van der Waals surface area contributed by atoms with Crippen molar-refractivity contribution in [1.82, 2.24) is 9.97 Å². The van der Waals surface area contributed by atoms with E-state index in [0.29, 0.717) is 11.5 Å². The topological polar surface area (TPSA) is 87.6 Å². The summed E-state index contributed by atoms with van der Waals surface area (Å²) in [6.45, 7) is 1.99. The van der Waals surface area contributed by atoms with Gasteiger partial charge in [0.25, 0.3) is 0 Å². The first-order chi connectivity index (χ1) is 8.20. The van der Waals surface area contributed by atoms with E-state index in [1.54, 1.807) is 29.7 Å². The predicted octanol–water partition coefficient (Wildman–Crippen LogP) is 2.17. The maximum atomic E-state index is 8.83. The van der Waals surface area contributed by atoms with E-state index >= 15 is 0 Å². The van der Waals surface area contributed by atoms with Crippen molar-refractivity contribution in [3.63, 3.8) is 0 Å². The zero-order valence-electron chi connectivity index (χ0n) is 9.21. The number of nitrogens with zero attached hydrogens (tertiary/aromatic N) is 3. The third-order valence-electron chi connectivity index (χ3n) is 2.22. The van der Waals surface area contributed by atoms with Gasteiger partial charge in [-0.2, -0.15) is 5.26 Å². The number of thiazole rings is 1. The molecule has 0 aliphatic heterocycles. The molecule has 0 saturated carbocycles. The molecule has 0 bridgehead atoms. The average molecular weight is 245 g/mol. The first kappa shape index (κ1) is 11.4. The lowest BCUT2D eigenvalue weighted by Gasteiger charge is -2.12. The third kappa shape index (κ3) is 2.52. The minimum atomic E-state index is 0.0534. The van der Waals surface area contributed by atoms with Crippen LogP contribution in [-0.2, 0) is 0 Å². The van der Waals surface area contributed by atoms with Gasteiger partial charge in [-0.25, -0.2) is 9.97 Å². The van der Waals surface area contributed by atoms with E-state index in [0.717, 1.165) is 5.01 Å². The van der Waals surface area contributed by atoms with E-state index in [1.165, 1.54) is 0 Å². The van der Waals surface area contributed by atoms with Gasteiger partial charge in [-0.05, 0) is 19.1 Å². The van der Waals surface area contributed by atoms with Crippen LogP contribution in [0.4, 0.5) is 11.5 Å². The fraction of sp³-hybridized carbons (Fsp3) is 0.182. The van der Waals surface area contributed by atoms with Crippen molar-refractivity contribution in [2.75, 3.05) is 11.1 Å². The Hall–Kier alpha value is -2.13. The molecule has 3 N–H and O–H groups in total. The molecule has 0 saturated heterocycles. The predicted molar refractivity (Wildman–Crippen MR) is 67.5 cm³/mol. The van der Waals surface area contributed by atoms with Crippen LogP contribution in [0.25, 0.3) is 0 Å².